The molecule has 5 heteroatoms. The van der Waals surface area contributed by atoms with Crippen LogP contribution in [0.5, 0.6) is 0 Å². The number of amides is 1. The molecule has 0 aliphatic rings. The summed E-state index contributed by atoms with van der Waals surface area (Å²) >= 11 is 7.40. The predicted molar refractivity (Wildman–Crippen MR) is 65.8 cm³/mol. The summed E-state index contributed by atoms with van der Waals surface area (Å²) < 4.78 is 0. The summed E-state index contributed by atoms with van der Waals surface area (Å²) in [5.74, 6) is -0.261. The molecule has 0 aliphatic carbocycles. The van der Waals surface area contributed by atoms with Crippen molar-refractivity contribution in [2.24, 2.45) is 0 Å². The third-order valence-corrected chi connectivity index (χ3v) is 3.12. The fourth-order valence-electron chi connectivity index (χ4n) is 1.23. The van der Waals surface area contributed by atoms with Gasteiger partial charge in [0.2, 0.25) is 5.91 Å². The molecule has 2 aromatic rings. The predicted octanol–water partition coefficient (Wildman–Crippen LogP) is 3.06. The van der Waals surface area contributed by atoms with Crippen LogP contribution in [0.15, 0.2) is 41.9 Å². The maximum Gasteiger partial charge on any atom is 0.248 e. The van der Waals surface area contributed by atoms with Crippen molar-refractivity contribution >= 4 is 34.0 Å². The summed E-state index contributed by atoms with van der Waals surface area (Å²) in [5.41, 5.74) is 0.776. The fraction of sp³-hybridized carbons (Fsp3) is 0.0909. The molecule has 2 rings (SSSR count). The van der Waals surface area contributed by atoms with Crippen LogP contribution in [0.3, 0.4) is 0 Å². The molecule has 82 valence electrons. The van der Waals surface area contributed by atoms with Crippen LogP contribution in [0.4, 0.5) is 5.13 Å². The lowest BCUT2D eigenvalue weighted by atomic mass is 10.1. The highest BCUT2D eigenvalue weighted by Gasteiger charge is 2.17. The van der Waals surface area contributed by atoms with Crippen molar-refractivity contribution < 1.29 is 4.79 Å². The average molecular weight is 253 g/mol. The minimum atomic E-state index is -0.690. The summed E-state index contributed by atoms with van der Waals surface area (Å²) in [4.78, 5) is 15.7. The Hall–Kier alpha value is -1.39. The third kappa shape index (κ3) is 2.59. The number of carbonyl (C=O) groups is 1. The van der Waals surface area contributed by atoms with Crippen LogP contribution in [0.1, 0.15) is 10.9 Å². The second kappa shape index (κ2) is 5.09. The number of benzene rings is 1. The van der Waals surface area contributed by atoms with Gasteiger partial charge in [-0.2, -0.15) is 0 Å². The molecule has 3 nitrogen and oxygen atoms in total. The highest BCUT2D eigenvalue weighted by molar-refractivity contribution is 7.13. The highest BCUT2D eigenvalue weighted by Crippen LogP contribution is 2.22. The van der Waals surface area contributed by atoms with Gasteiger partial charge in [-0.15, -0.1) is 22.9 Å². The molecule has 0 saturated heterocycles. The number of nitrogens with zero attached hydrogens (tertiary/aromatic N) is 1. The molecule has 1 aromatic heterocycles. The summed E-state index contributed by atoms with van der Waals surface area (Å²) in [5, 5.41) is 4.32. The minimum absolute atomic E-state index is 0.261. The number of hydrogen-bond acceptors (Lipinski definition) is 3. The first-order valence-electron chi connectivity index (χ1n) is 4.67. The van der Waals surface area contributed by atoms with Crippen molar-refractivity contribution in [1.29, 1.82) is 0 Å². The molecular weight excluding hydrogens is 244 g/mol. The Balaban J connectivity index is 2.05. The van der Waals surface area contributed by atoms with E-state index in [-0.39, 0.29) is 5.91 Å². The topological polar surface area (TPSA) is 42.0 Å². The van der Waals surface area contributed by atoms with E-state index >= 15 is 0 Å². The molecule has 0 bridgehead atoms. The number of carbonyl (C=O) groups excluding carboxylic acids is 1. The van der Waals surface area contributed by atoms with Crippen LogP contribution in [0.25, 0.3) is 0 Å². The Bertz CT molecular complexity index is 458. The first-order chi connectivity index (χ1) is 7.77. The fourth-order valence-corrected chi connectivity index (χ4v) is 1.96. The zero-order valence-electron chi connectivity index (χ0n) is 8.26. The lowest BCUT2D eigenvalue weighted by Gasteiger charge is -2.08. The molecule has 0 radical (unpaired) electrons. The smallest absolute Gasteiger partial charge is 0.248 e. The lowest BCUT2D eigenvalue weighted by molar-refractivity contribution is -0.116. The first kappa shape index (κ1) is 11.1. The van der Waals surface area contributed by atoms with E-state index in [1.54, 1.807) is 11.6 Å². The van der Waals surface area contributed by atoms with Crippen LogP contribution < -0.4 is 5.32 Å². The summed E-state index contributed by atoms with van der Waals surface area (Å²) in [6.07, 6.45) is 1.63. The molecule has 0 spiro atoms. The van der Waals surface area contributed by atoms with Gasteiger partial charge in [-0.3, -0.25) is 4.79 Å². The van der Waals surface area contributed by atoms with Gasteiger partial charge >= 0.3 is 0 Å². The number of anilines is 1. The summed E-state index contributed by atoms with van der Waals surface area (Å²) in [6, 6.07) is 9.22. The normalized spacial score (nSPS) is 12.1. The maximum atomic E-state index is 11.7. The van der Waals surface area contributed by atoms with E-state index in [1.165, 1.54) is 11.3 Å². The van der Waals surface area contributed by atoms with Gasteiger partial charge in [0.15, 0.2) is 5.13 Å². The van der Waals surface area contributed by atoms with Crippen LogP contribution >= 0.6 is 22.9 Å². The van der Waals surface area contributed by atoms with E-state index in [0.29, 0.717) is 5.13 Å². The minimum Gasteiger partial charge on any atom is -0.300 e. The lowest BCUT2D eigenvalue weighted by Crippen LogP contribution is -2.17. The molecule has 0 fully saturated rings. The highest BCUT2D eigenvalue weighted by atomic mass is 35.5. The van der Waals surface area contributed by atoms with Crippen LogP contribution in [0.2, 0.25) is 0 Å². The SMILES string of the molecule is O=C(Nc1nccs1)[C@H](Cl)c1ccccc1. The number of nitrogens with one attached hydrogen (secondary N) is 1. The van der Waals surface area contributed by atoms with Gasteiger partial charge in [0, 0.05) is 11.6 Å². The van der Waals surface area contributed by atoms with Crippen molar-refractivity contribution in [2.75, 3.05) is 5.32 Å². The van der Waals surface area contributed by atoms with Gasteiger partial charge in [-0.1, -0.05) is 30.3 Å². The van der Waals surface area contributed by atoms with E-state index < -0.39 is 5.38 Å². The molecule has 0 unspecified atom stereocenters. The molecule has 1 heterocycles. The van der Waals surface area contributed by atoms with Gasteiger partial charge in [-0.05, 0) is 5.56 Å². The molecule has 16 heavy (non-hydrogen) atoms. The molecule has 0 aliphatic heterocycles. The molecule has 1 amide bonds. The van der Waals surface area contributed by atoms with E-state index in [4.69, 9.17) is 11.6 Å². The number of halogens is 1. The number of alkyl halides is 1. The van der Waals surface area contributed by atoms with Crippen LogP contribution in [-0.4, -0.2) is 10.9 Å². The second-order valence-electron chi connectivity index (χ2n) is 3.10. The Morgan fingerprint density at radius 1 is 1.38 bits per heavy atom. The summed E-state index contributed by atoms with van der Waals surface area (Å²) in [7, 11) is 0. The van der Waals surface area contributed by atoms with Gasteiger partial charge in [-0.25, -0.2) is 4.98 Å². The van der Waals surface area contributed by atoms with Crippen molar-refractivity contribution in [3.8, 4) is 0 Å². The van der Waals surface area contributed by atoms with Crippen molar-refractivity contribution in [2.45, 2.75) is 5.38 Å². The average Bonchev–Trinajstić information content (AvgIpc) is 2.82. The monoisotopic (exact) mass is 252 g/mol. The van der Waals surface area contributed by atoms with E-state index in [9.17, 15) is 4.79 Å². The van der Waals surface area contributed by atoms with E-state index in [2.05, 4.69) is 10.3 Å². The van der Waals surface area contributed by atoms with Crippen LogP contribution in [-0.2, 0) is 4.79 Å². The van der Waals surface area contributed by atoms with Crippen molar-refractivity contribution in [1.82, 2.24) is 4.98 Å². The van der Waals surface area contributed by atoms with Crippen LogP contribution in [0, 0.1) is 0 Å². The second-order valence-corrected chi connectivity index (χ2v) is 4.43. The first-order valence-corrected chi connectivity index (χ1v) is 5.98. The molecule has 1 atom stereocenters. The maximum absolute atomic E-state index is 11.7. The Morgan fingerprint density at radius 2 is 2.12 bits per heavy atom. The Labute approximate surface area is 102 Å². The number of thiazole rings is 1. The van der Waals surface area contributed by atoms with Gasteiger partial charge in [0.05, 0.1) is 0 Å². The van der Waals surface area contributed by atoms with Gasteiger partial charge in [0.25, 0.3) is 0 Å². The quantitative estimate of drug-likeness (QED) is 0.853. The zero-order valence-corrected chi connectivity index (χ0v) is 9.83. The number of aromatic nitrogens is 1. The standard InChI is InChI=1S/C11H9ClN2OS/c12-9(8-4-2-1-3-5-8)10(15)14-11-13-6-7-16-11/h1-7,9H,(H,13,14,15)/t9-/m1/s1. The van der Waals surface area contributed by atoms with Gasteiger partial charge in [0.1, 0.15) is 5.38 Å². The molecule has 1 aromatic carbocycles. The Kier molecular flexibility index (Phi) is 3.54. The Morgan fingerprint density at radius 3 is 2.75 bits per heavy atom. The molecular formula is C11H9ClN2OS. The largest absolute Gasteiger partial charge is 0.300 e. The molecule has 0 saturated carbocycles. The van der Waals surface area contributed by atoms with E-state index in [1.807, 2.05) is 30.3 Å². The summed E-state index contributed by atoms with van der Waals surface area (Å²) in [6.45, 7) is 0. The van der Waals surface area contributed by atoms with Crippen molar-refractivity contribution in [3.05, 3.63) is 47.5 Å². The number of rotatable bonds is 3. The molecule has 1 N–H and O–H groups in total. The van der Waals surface area contributed by atoms with Gasteiger partial charge < -0.3 is 5.32 Å². The third-order valence-electron chi connectivity index (χ3n) is 1.98. The van der Waals surface area contributed by atoms with Crippen molar-refractivity contribution in [3.63, 3.8) is 0 Å². The number of hydrogen-bond donors (Lipinski definition) is 1. The zero-order chi connectivity index (χ0) is 11.4. The van der Waals surface area contributed by atoms with E-state index in [0.717, 1.165) is 5.56 Å².